The summed E-state index contributed by atoms with van der Waals surface area (Å²) in [6.07, 6.45) is 2.30. The molecule has 20 heavy (non-hydrogen) atoms. The van der Waals surface area contributed by atoms with Crippen LogP contribution < -0.4 is 0 Å². The van der Waals surface area contributed by atoms with E-state index in [1.807, 2.05) is 31.2 Å². The molecule has 4 nitrogen and oxygen atoms in total. The summed E-state index contributed by atoms with van der Waals surface area (Å²) in [5.41, 5.74) is 3.18. The SMILES string of the molecule is CC(=O)N1N=C(c2ccc(C)cc2)C[C@@H]1c1ccco1. The third-order valence-corrected chi connectivity index (χ3v) is 3.49. The maximum absolute atomic E-state index is 11.8. The summed E-state index contributed by atoms with van der Waals surface area (Å²) >= 11 is 0. The van der Waals surface area contributed by atoms with Crippen LogP contribution in [0.15, 0.2) is 52.2 Å². The van der Waals surface area contributed by atoms with Crippen LogP contribution in [-0.2, 0) is 4.79 Å². The molecule has 0 spiro atoms. The maximum Gasteiger partial charge on any atom is 0.240 e. The normalized spacial score (nSPS) is 18.2. The van der Waals surface area contributed by atoms with Gasteiger partial charge in [0.2, 0.25) is 5.91 Å². The second kappa shape index (κ2) is 4.96. The molecule has 1 atom stereocenters. The van der Waals surface area contributed by atoms with E-state index in [1.54, 1.807) is 6.26 Å². The van der Waals surface area contributed by atoms with Gasteiger partial charge in [0.05, 0.1) is 12.0 Å². The van der Waals surface area contributed by atoms with Crippen molar-refractivity contribution in [1.82, 2.24) is 5.01 Å². The molecule has 1 amide bonds. The van der Waals surface area contributed by atoms with Gasteiger partial charge in [-0.05, 0) is 24.6 Å². The monoisotopic (exact) mass is 268 g/mol. The molecule has 1 aliphatic rings. The summed E-state index contributed by atoms with van der Waals surface area (Å²) in [6.45, 7) is 3.57. The van der Waals surface area contributed by atoms with Gasteiger partial charge in [-0.1, -0.05) is 29.8 Å². The molecule has 2 aromatic rings. The number of benzene rings is 1. The summed E-state index contributed by atoms with van der Waals surface area (Å²) in [4.78, 5) is 11.8. The van der Waals surface area contributed by atoms with E-state index in [0.29, 0.717) is 6.42 Å². The van der Waals surface area contributed by atoms with E-state index >= 15 is 0 Å². The number of hydrogen-bond donors (Lipinski definition) is 0. The van der Waals surface area contributed by atoms with E-state index in [4.69, 9.17) is 4.42 Å². The molecule has 0 saturated heterocycles. The lowest BCUT2D eigenvalue weighted by molar-refractivity contribution is -0.130. The quantitative estimate of drug-likeness (QED) is 0.839. The van der Waals surface area contributed by atoms with Crippen molar-refractivity contribution in [2.24, 2.45) is 5.10 Å². The topological polar surface area (TPSA) is 45.8 Å². The first-order chi connectivity index (χ1) is 9.65. The molecule has 2 heterocycles. The van der Waals surface area contributed by atoms with Gasteiger partial charge in [0.15, 0.2) is 0 Å². The Hall–Kier alpha value is -2.36. The van der Waals surface area contributed by atoms with E-state index in [9.17, 15) is 4.79 Å². The highest BCUT2D eigenvalue weighted by Gasteiger charge is 2.32. The predicted molar refractivity (Wildman–Crippen MR) is 76.3 cm³/mol. The minimum Gasteiger partial charge on any atom is -0.467 e. The molecule has 4 heteroatoms. The van der Waals surface area contributed by atoms with Crippen molar-refractivity contribution in [3.63, 3.8) is 0 Å². The number of rotatable bonds is 2. The van der Waals surface area contributed by atoms with Crippen molar-refractivity contribution in [2.45, 2.75) is 26.3 Å². The number of nitrogens with zero attached hydrogens (tertiary/aromatic N) is 2. The number of hydrogen-bond acceptors (Lipinski definition) is 3. The minimum atomic E-state index is -0.140. The zero-order chi connectivity index (χ0) is 14.1. The summed E-state index contributed by atoms with van der Waals surface area (Å²) < 4.78 is 5.43. The Balaban J connectivity index is 1.92. The van der Waals surface area contributed by atoms with E-state index in [2.05, 4.69) is 17.2 Å². The van der Waals surface area contributed by atoms with Crippen molar-refractivity contribution in [3.05, 3.63) is 59.5 Å². The molecule has 0 aliphatic carbocycles. The average Bonchev–Trinajstić information content (AvgIpc) is 3.08. The Morgan fingerprint density at radius 1 is 1.30 bits per heavy atom. The third kappa shape index (κ3) is 2.25. The van der Waals surface area contributed by atoms with Crippen LogP contribution in [0.5, 0.6) is 0 Å². The van der Waals surface area contributed by atoms with Crippen molar-refractivity contribution < 1.29 is 9.21 Å². The molecule has 0 N–H and O–H groups in total. The molecule has 0 radical (unpaired) electrons. The smallest absolute Gasteiger partial charge is 0.240 e. The fraction of sp³-hybridized carbons (Fsp3) is 0.250. The molecule has 0 bridgehead atoms. The average molecular weight is 268 g/mol. The third-order valence-electron chi connectivity index (χ3n) is 3.49. The van der Waals surface area contributed by atoms with Crippen molar-refractivity contribution >= 4 is 11.6 Å². The predicted octanol–water partition coefficient (Wildman–Crippen LogP) is 3.29. The summed E-state index contributed by atoms with van der Waals surface area (Å²) in [7, 11) is 0. The Morgan fingerprint density at radius 2 is 2.05 bits per heavy atom. The zero-order valence-electron chi connectivity index (χ0n) is 11.5. The van der Waals surface area contributed by atoms with Crippen LogP contribution in [0.4, 0.5) is 0 Å². The molecule has 1 aromatic carbocycles. The highest BCUT2D eigenvalue weighted by atomic mass is 16.3. The van der Waals surface area contributed by atoms with Crippen LogP contribution in [0.25, 0.3) is 0 Å². The number of amides is 1. The highest BCUT2D eigenvalue weighted by molar-refractivity contribution is 6.03. The molecule has 0 unspecified atom stereocenters. The number of hydrazone groups is 1. The number of aryl methyl sites for hydroxylation is 1. The second-order valence-corrected chi connectivity index (χ2v) is 5.01. The highest BCUT2D eigenvalue weighted by Crippen LogP contribution is 2.32. The fourth-order valence-corrected chi connectivity index (χ4v) is 2.42. The fourth-order valence-electron chi connectivity index (χ4n) is 2.42. The molecule has 0 saturated carbocycles. The van der Waals surface area contributed by atoms with E-state index < -0.39 is 0 Å². The zero-order valence-corrected chi connectivity index (χ0v) is 11.5. The molecule has 0 fully saturated rings. The molecular formula is C16H16N2O2. The number of carbonyl (C=O) groups is 1. The van der Waals surface area contributed by atoms with Gasteiger partial charge in [0.25, 0.3) is 0 Å². The summed E-state index contributed by atoms with van der Waals surface area (Å²) in [5, 5.41) is 5.97. The van der Waals surface area contributed by atoms with Crippen LogP contribution in [-0.4, -0.2) is 16.6 Å². The summed E-state index contributed by atoms with van der Waals surface area (Å²) in [6, 6.07) is 11.8. The molecule has 102 valence electrons. The van der Waals surface area contributed by atoms with Gasteiger partial charge in [0.1, 0.15) is 11.8 Å². The van der Waals surface area contributed by atoms with Crippen molar-refractivity contribution in [3.8, 4) is 0 Å². The first-order valence-electron chi connectivity index (χ1n) is 6.63. The molecular weight excluding hydrogens is 252 g/mol. The standard InChI is InChI=1S/C16H16N2O2/c1-11-5-7-13(8-6-11)14-10-15(16-4-3-9-20-16)18(17-14)12(2)19/h3-9,15H,10H2,1-2H3/t15-/m1/s1. The summed E-state index contributed by atoms with van der Waals surface area (Å²) in [5.74, 6) is 0.694. The lowest BCUT2D eigenvalue weighted by atomic mass is 10.0. The van der Waals surface area contributed by atoms with Crippen molar-refractivity contribution in [1.29, 1.82) is 0 Å². The van der Waals surface area contributed by atoms with Crippen LogP contribution in [0.3, 0.4) is 0 Å². The minimum absolute atomic E-state index is 0.0755. The first-order valence-corrected chi connectivity index (χ1v) is 6.63. The maximum atomic E-state index is 11.8. The van der Waals surface area contributed by atoms with Crippen LogP contribution in [0, 0.1) is 6.92 Å². The molecule has 3 rings (SSSR count). The molecule has 1 aliphatic heterocycles. The first kappa shape index (κ1) is 12.7. The van der Waals surface area contributed by atoms with Gasteiger partial charge in [-0.25, -0.2) is 5.01 Å². The number of carbonyl (C=O) groups excluding carboxylic acids is 1. The van der Waals surface area contributed by atoms with E-state index in [0.717, 1.165) is 17.0 Å². The van der Waals surface area contributed by atoms with Gasteiger partial charge in [-0.3, -0.25) is 4.79 Å². The lowest BCUT2D eigenvalue weighted by Crippen LogP contribution is -2.23. The van der Waals surface area contributed by atoms with Crippen LogP contribution in [0.1, 0.15) is 36.3 Å². The van der Waals surface area contributed by atoms with E-state index in [-0.39, 0.29) is 11.9 Å². The van der Waals surface area contributed by atoms with Crippen LogP contribution >= 0.6 is 0 Å². The Bertz CT molecular complexity index is 642. The van der Waals surface area contributed by atoms with Gasteiger partial charge >= 0.3 is 0 Å². The van der Waals surface area contributed by atoms with Gasteiger partial charge < -0.3 is 4.42 Å². The second-order valence-electron chi connectivity index (χ2n) is 5.01. The van der Waals surface area contributed by atoms with Crippen molar-refractivity contribution in [2.75, 3.05) is 0 Å². The Labute approximate surface area is 117 Å². The van der Waals surface area contributed by atoms with Crippen LogP contribution in [0.2, 0.25) is 0 Å². The van der Waals surface area contributed by atoms with Gasteiger partial charge in [-0.15, -0.1) is 0 Å². The largest absolute Gasteiger partial charge is 0.467 e. The van der Waals surface area contributed by atoms with Gasteiger partial charge in [0, 0.05) is 13.3 Å². The Kier molecular flexibility index (Phi) is 3.14. The van der Waals surface area contributed by atoms with E-state index in [1.165, 1.54) is 17.5 Å². The Morgan fingerprint density at radius 3 is 2.65 bits per heavy atom. The van der Waals surface area contributed by atoms with Gasteiger partial charge in [-0.2, -0.15) is 5.10 Å². The number of furan rings is 1. The lowest BCUT2D eigenvalue weighted by Gasteiger charge is -2.17. The molecule has 1 aromatic heterocycles.